The second-order valence-corrected chi connectivity index (χ2v) is 3.38. The third-order valence-electron chi connectivity index (χ3n) is 1.89. The predicted octanol–water partition coefficient (Wildman–Crippen LogP) is 1.71. The van der Waals surface area contributed by atoms with Crippen LogP contribution in [0.2, 0.25) is 0 Å². The van der Waals surface area contributed by atoms with Gasteiger partial charge in [-0.2, -0.15) is 0 Å². The molecule has 4 heteroatoms. The van der Waals surface area contributed by atoms with E-state index in [1.807, 2.05) is 13.8 Å². The Morgan fingerprint density at radius 1 is 1.40 bits per heavy atom. The summed E-state index contributed by atoms with van der Waals surface area (Å²) in [5.41, 5.74) is 0. The molecule has 0 rings (SSSR count). The largest absolute Gasteiger partial charge is 0.466 e. The van der Waals surface area contributed by atoms with Crippen LogP contribution in [-0.2, 0) is 14.3 Å². The van der Waals surface area contributed by atoms with E-state index in [0.29, 0.717) is 6.61 Å². The Hall–Kier alpha value is -1.32. The summed E-state index contributed by atoms with van der Waals surface area (Å²) < 4.78 is 4.73. The molecule has 0 spiro atoms. The summed E-state index contributed by atoms with van der Waals surface area (Å²) >= 11 is 0. The first kappa shape index (κ1) is 13.7. The Bertz CT molecular complexity index is 236. The molecule has 0 heterocycles. The molecule has 0 atom stereocenters. The zero-order valence-corrected chi connectivity index (χ0v) is 9.66. The molecular weight excluding hydrogens is 194 g/mol. The van der Waals surface area contributed by atoms with Crippen LogP contribution >= 0.6 is 0 Å². The van der Waals surface area contributed by atoms with Gasteiger partial charge >= 0.3 is 5.97 Å². The molecule has 0 fully saturated rings. The van der Waals surface area contributed by atoms with Gasteiger partial charge in [-0.05, 0) is 27.0 Å². The third kappa shape index (κ3) is 5.20. The standard InChI is InChI=1S/C11H19NO3/c1-5-12(9(3)4)10(13)7-8-11(14)15-6-2/h5,9H,1,6-8H2,2-4H3. The van der Waals surface area contributed by atoms with Crippen molar-refractivity contribution in [3.8, 4) is 0 Å². The minimum atomic E-state index is -0.335. The molecule has 0 radical (unpaired) electrons. The smallest absolute Gasteiger partial charge is 0.306 e. The number of amides is 1. The van der Waals surface area contributed by atoms with E-state index in [4.69, 9.17) is 4.74 Å². The molecule has 86 valence electrons. The fourth-order valence-electron chi connectivity index (χ4n) is 1.17. The Kier molecular flexibility index (Phi) is 6.42. The van der Waals surface area contributed by atoms with E-state index in [1.165, 1.54) is 11.1 Å². The van der Waals surface area contributed by atoms with Gasteiger partial charge in [0, 0.05) is 12.5 Å². The highest BCUT2D eigenvalue weighted by Crippen LogP contribution is 2.04. The molecule has 0 bridgehead atoms. The molecule has 0 aliphatic rings. The van der Waals surface area contributed by atoms with E-state index in [0.717, 1.165) is 0 Å². The first-order valence-corrected chi connectivity index (χ1v) is 5.12. The maximum Gasteiger partial charge on any atom is 0.306 e. The van der Waals surface area contributed by atoms with Crippen molar-refractivity contribution < 1.29 is 14.3 Å². The van der Waals surface area contributed by atoms with Crippen LogP contribution in [0, 0.1) is 0 Å². The van der Waals surface area contributed by atoms with E-state index < -0.39 is 0 Å². The molecule has 0 aliphatic heterocycles. The Morgan fingerprint density at radius 3 is 2.40 bits per heavy atom. The second kappa shape index (κ2) is 7.04. The topological polar surface area (TPSA) is 46.6 Å². The number of carbonyl (C=O) groups is 2. The average molecular weight is 213 g/mol. The predicted molar refractivity (Wildman–Crippen MR) is 58.0 cm³/mol. The van der Waals surface area contributed by atoms with Crippen LogP contribution in [0.15, 0.2) is 12.8 Å². The average Bonchev–Trinajstić information content (AvgIpc) is 2.15. The van der Waals surface area contributed by atoms with Crippen LogP contribution < -0.4 is 0 Å². The lowest BCUT2D eigenvalue weighted by Crippen LogP contribution is -2.32. The molecule has 15 heavy (non-hydrogen) atoms. The van der Waals surface area contributed by atoms with Crippen molar-refractivity contribution in [2.45, 2.75) is 39.7 Å². The highest BCUT2D eigenvalue weighted by atomic mass is 16.5. The second-order valence-electron chi connectivity index (χ2n) is 3.38. The van der Waals surface area contributed by atoms with Crippen molar-refractivity contribution in [2.75, 3.05) is 6.61 Å². The van der Waals surface area contributed by atoms with Crippen LogP contribution in [0.1, 0.15) is 33.6 Å². The summed E-state index contributed by atoms with van der Waals surface area (Å²) in [6, 6.07) is 0.0668. The van der Waals surface area contributed by atoms with Gasteiger partial charge in [-0.15, -0.1) is 0 Å². The first-order chi connectivity index (χ1) is 7.02. The molecular formula is C11H19NO3. The molecule has 0 N–H and O–H groups in total. The SMILES string of the molecule is C=CN(C(=O)CCC(=O)OCC)C(C)C. The number of carbonyl (C=O) groups excluding carboxylic acids is 2. The van der Waals surface area contributed by atoms with Crippen LogP contribution in [0.4, 0.5) is 0 Å². The van der Waals surface area contributed by atoms with E-state index in [-0.39, 0.29) is 30.8 Å². The number of esters is 1. The lowest BCUT2D eigenvalue weighted by molar-refractivity contribution is -0.145. The molecule has 0 aromatic heterocycles. The van der Waals surface area contributed by atoms with Gasteiger partial charge < -0.3 is 9.64 Å². The van der Waals surface area contributed by atoms with Gasteiger partial charge in [-0.3, -0.25) is 9.59 Å². The summed E-state index contributed by atoms with van der Waals surface area (Å²) in [5.74, 6) is -0.438. The minimum Gasteiger partial charge on any atom is -0.466 e. The zero-order chi connectivity index (χ0) is 11.8. The van der Waals surface area contributed by atoms with Gasteiger partial charge in [0.1, 0.15) is 0 Å². The van der Waals surface area contributed by atoms with Gasteiger partial charge in [0.15, 0.2) is 0 Å². The Morgan fingerprint density at radius 2 is 2.00 bits per heavy atom. The number of nitrogens with zero attached hydrogens (tertiary/aromatic N) is 1. The monoisotopic (exact) mass is 213 g/mol. The molecule has 0 saturated carbocycles. The third-order valence-corrected chi connectivity index (χ3v) is 1.89. The van der Waals surface area contributed by atoms with Gasteiger partial charge in [-0.1, -0.05) is 6.58 Å². The van der Waals surface area contributed by atoms with Gasteiger partial charge in [0.25, 0.3) is 0 Å². The van der Waals surface area contributed by atoms with E-state index >= 15 is 0 Å². The number of hydrogen-bond donors (Lipinski definition) is 0. The molecule has 4 nitrogen and oxygen atoms in total. The van der Waals surface area contributed by atoms with Crippen LogP contribution in [-0.4, -0.2) is 29.4 Å². The summed E-state index contributed by atoms with van der Waals surface area (Å²) in [4.78, 5) is 24.1. The van der Waals surface area contributed by atoms with Crippen LogP contribution in [0.3, 0.4) is 0 Å². The maximum absolute atomic E-state index is 11.6. The van der Waals surface area contributed by atoms with E-state index in [2.05, 4.69) is 6.58 Å². The first-order valence-electron chi connectivity index (χ1n) is 5.12. The van der Waals surface area contributed by atoms with Crippen LogP contribution in [0.5, 0.6) is 0 Å². The summed E-state index contributed by atoms with van der Waals surface area (Å²) in [6.07, 6.45) is 1.78. The fraction of sp³-hybridized carbons (Fsp3) is 0.636. The Labute approximate surface area is 90.9 Å². The highest BCUT2D eigenvalue weighted by Gasteiger charge is 2.15. The summed E-state index contributed by atoms with van der Waals surface area (Å²) in [6.45, 7) is 9.43. The quantitative estimate of drug-likeness (QED) is 0.631. The van der Waals surface area contributed by atoms with Crippen molar-refractivity contribution in [1.29, 1.82) is 0 Å². The van der Waals surface area contributed by atoms with Crippen molar-refractivity contribution in [2.24, 2.45) is 0 Å². The van der Waals surface area contributed by atoms with Crippen molar-refractivity contribution in [3.05, 3.63) is 12.8 Å². The zero-order valence-electron chi connectivity index (χ0n) is 9.66. The fourth-order valence-corrected chi connectivity index (χ4v) is 1.17. The molecule has 1 amide bonds. The van der Waals surface area contributed by atoms with Crippen LogP contribution in [0.25, 0.3) is 0 Å². The number of hydrogen-bond acceptors (Lipinski definition) is 3. The van der Waals surface area contributed by atoms with E-state index in [9.17, 15) is 9.59 Å². The summed E-state index contributed by atoms with van der Waals surface area (Å²) in [7, 11) is 0. The lowest BCUT2D eigenvalue weighted by atomic mass is 10.2. The number of rotatable bonds is 6. The molecule has 0 aliphatic carbocycles. The van der Waals surface area contributed by atoms with Gasteiger partial charge in [0.05, 0.1) is 13.0 Å². The molecule has 0 aromatic carbocycles. The number of ether oxygens (including phenoxy) is 1. The van der Waals surface area contributed by atoms with Crippen molar-refractivity contribution in [1.82, 2.24) is 4.90 Å². The van der Waals surface area contributed by atoms with Gasteiger partial charge in [0.2, 0.25) is 5.91 Å². The Balaban J connectivity index is 4.01. The molecule has 0 unspecified atom stereocenters. The highest BCUT2D eigenvalue weighted by molar-refractivity contribution is 5.82. The van der Waals surface area contributed by atoms with Crippen molar-refractivity contribution >= 4 is 11.9 Å². The lowest BCUT2D eigenvalue weighted by Gasteiger charge is -2.21. The maximum atomic E-state index is 11.6. The van der Waals surface area contributed by atoms with Gasteiger partial charge in [-0.25, -0.2) is 0 Å². The van der Waals surface area contributed by atoms with Crippen molar-refractivity contribution in [3.63, 3.8) is 0 Å². The molecule has 0 aromatic rings. The molecule has 0 saturated heterocycles. The van der Waals surface area contributed by atoms with E-state index in [1.54, 1.807) is 6.92 Å². The normalized spacial score (nSPS) is 9.87. The minimum absolute atomic E-state index is 0.0668. The summed E-state index contributed by atoms with van der Waals surface area (Å²) in [5, 5.41) is 0.